The third-order valence-electron chi connectivity index (χ3n) is 2.93. The van der Waals surface area contributed by atoms with Gasteiger partial charge in [0.1, 0.15) is 5.03 Å². The predicted molar refractivity (Wildman–Crippen MR) is 79.9 cm³/mol. The van der Waals surface area contributed by atoms with Crippen molar-refractivity contribution in [3.05, 3.63) is 66.5 Å². The van der Waals surface area contributed by atoms with E-state index in [0.717, 1.165) is 10.8 Å². The molecule has 1 aromatic carbocycles. The van der Waals surface area contributed by atoms with Crippen molar-refractivity contribution in [2.24, 2.45) is 0 Å². The SMILES string of the molecule is CC(Sc1ccc(-n2cccn2)nn1)c1ccccc1. The second-order valence-electron chi connectivity index (χ2n) is 4.35. The van der Waals surface area contributed by atoms with Crippen LogP contribution in [-0.2, 0) is 0 Å². The number of benzene rings is 1. The van der Waals surface area contributed by atoms with E-state index in [-0.39, 0.29) is 0 Å². The average molecular weight is 282 g/mol. The topological polar surface area (TPSA) is 43.6 Å². The molecule has 0 N–H and O–H groups in total. The first-order valence-electron chi connectivity index (χ1n) is 6.38. The number of aromatic nitrogens is 4. The Balaban J connectivity index is 1.72. The van der Waals surface area contributed by atoms with Crippen LogP contribution in [0.3, 0.4) is 0 Å². The van der Waals surface area contributed by atoms with Crippen molar-refractivity contribution in [3.8, 4) is 5.82 Å². The van der Waals surface area contributed by atoms with Crippen molar-refractivity contribution in [2.75, 3.05) is 0 Å². The Hall–Kier alpha value is -2.14. The van der Waals surface area contributed by atoms with Gasteiger partial charge >= 0.3 is 0 Å². The molecule has 0 fully saturated rings. The maximum absolute atomic E-state index is 4.25. The molecule has 0 aliphatic heterocycles. The molecule has 0 bridgehead atoms. The lowest BCUT2D eigenvalue weighted by atomic mass is 10.2. The molecule has 4 nitrogen and oxygen atoms in total. The maximum atomic E-state index is 4.25. The molecule has 2 aromatic heterocycles. The van der Waals surface area contributed by atoms with Gasteiger partial charge in [0.05, 0.1) is 0 Å². The Morgan fingerprint density at radius 1 is 1.00 bits per heavy atom. The fourth-order valence-corrected chi connectivity index (χ4v) is 2.77. The van der Waals surface area contributed by atoms with E-state index in [0.29, 0.717) is 5.25 Å². The summed E-state index contributed by atoms with van der Waals surface area (Å²) in [5.74, 6) is 0.728. The third kappa shape index (κ3) is 2.88. The first kappa shape index (κ1) is 12.9. The number of hydrogen-bond acceptors (Lipinski definition) is 4. The maximum Gasteiger partial charge on any atom is 0.175 e. The summed E-state index contributed by atoms with van der Waals surface area (Å²) in [7, 11) is 0. The molecule has 0 aliphatic rings. The molecule has 3 rings (SSSR count). The summed E-state index contributed by atoms with van der Waals surface area (Å²) in [6.45, 7) is 2.17. The molecule has 0 radical (unpaired) electrons. The molecule has 0 aliphatic carbocycles. The summed E-state index contributed by atoms with van der Waals surface area (Å²) < 4.78 is 1.70. The van der Waals surface area contributed by atoms with Crippen LogP contribution in [0.2, 0.25) is 0 Å². The van der Waals surface area contributed by atoms with Crippen LogP contribution < -0.4 is 0 Å². The first-order valence-corrected chi connectivity index (χ1v) is 7.26. The van der Waals surface area contributed by atoms with E-state index in [9.17, 15) is 0 Å². The Labute approximate surface area is 121 Å². The summed E-state index contributed by atoms with van der Waals surface area (Å²) in [6, 6.07) is 16.2. The Morgan fingerprint density at radius 2 is 1.85 bits per heavy atom. The minimum absolute atomic E-state index is 0.348. The van der Waals surface area contributed by atoms with Gasteiger partial charge in [-0.25, -0.2) is 4.68 Å². The van der Waals surface area contributed by atoms with Gasteiger partial charge in [-0.2, -0.15) is 5.10 Å². The second-order valence-corrected chi connectivity index (χ2v) is 5.71. The van der Waals surface area contributed by atoms with Gasteiger partial charge in [-0.05, 0) is 30.7 Å². The van der Waals surface area contributed by atoms with Gasteiger partial charge in [-0.1, -0.05) is 42.1 Å². The molecule has 1 atom stereocenters. The molecule has 0 amide bonds. The van der Waals surface area contributed by atoms with Crippen molar-refractivity contribution in [3.63, 3.8) is 0 Å². The minimum Gasteiger partial charge on any atom is -0.221 e. The molecule has 3 aromatic rings. The van der Waals surface area contributed by atoms with Crippen LogP contribution in [0.25, 0.3) is 5.82 Å². The zero-order valence-corrected chi connectivity index (χ0v) is 11.9. The number of hydrogen-bond donors (Lipinski definition) is 0. The summed E-state index contributed by atoms with van der Waals surface area (Å²) in [5.41, 5.74) is 1.29. The van der Waals surface area contributed by atoms with Crippen LogP contribution in [-0.4, -0.2) is 20.0 Å². The van der Waals surface area contributed by atoms with Crippen molar-refractivity contribution >= 4 is 11.8 Å². The Kier molecular flexibility index (Phi) is 3.78. The van der Waals surface area contributed by atoms with Crippen LogP contribution in [0.4, 0.5) is 0 Å². The molecule has 20 heavy (non-hydrogen) atoms. The van der Waals surface area contributed by atoms with Crippen LogP contribution in [0.1, 0.15) is 17.7 Å². The van der Waals surface area contributed by atoms with Crippen LogP contribution in [0.15, 0.2) is 66.0 Å². The first-order chi connectivity index (χ1) is 9.83. The molecular formula is C15H14N4S. The van der Waals surface area contributed by atoms with E-state index in [4.69, 9.17) is 0 Å². The highest BCUT2D eigenvalue weighted by Crippen LogP contribution is 2.33. The van der Waals surface area contributed by atoms with Crippen LogP contribution in [0.5, 0.6) is 0 Å². The van der Waals surface area contributed by atoms with Gasteiger partial charge in [0.15, 0.2) is 5.82 Å². The van der Waals surface area contributed by atoms with E-state index in [1.807, 2.05) is 30.5 Å². The Bertz CT molecular complexity index is 650. The van der Waals surface area contributed by atoms with Crippen molar-refractivity contribution in [1.82, 2.24) is 20.0 Å². The van der Waals surface area contributed by atoms with E-state index >= 15 is 0 Å². The van der Waals surface area contributed by atoms with Gasteiger partial charge < -0.3 is 0 Å². The van der Waals surface area contributed by atoms with Crippen molar-refractivity contribution in [2.45, 2.75) is 17.2 Å². The minimum atomic E-state index is 0.348. The fourth-order valence-electron chi connectivity index (χ4n) is 1.88. The Morgan fingerprint density at radius 3 is 2.50 bits per heavy atom. The second kappa shape index (κ2) is 5.88. The van der Waals surface area contributed by atoms with Gasteiger partial charge in [-0.15, -0.1) is 10.2 Å². The summed E-state index contributed by atoms with van der Waals surface area (Å²) in [4.78, 5) is 0. The lowest BCUT2D eigenvalue weighted by Crippen LogP contribution is -2.00. The van der Waals surface area contributed by atoms with Crippen LogP contribution >= 0.6 is 11.8 Å². The molecule has 0 saturated carbocycles. The van der Waals surface area contributed by atoms with Gasteiger partial charge in [0, 0.05) is 17.6 Å². The molecule has 1 unspecified atom stereocenters. The molecular weight excluding hydrogens is 268 g/mol. The number of rotatable bonds is 4. The van der Waals surface area contributed by atoms with E-state index < -0.39 is 0 Å². The van der Waals surface area contributed by atoms with E-state index in [1.54, 1.807) is 22.6 Å². The standard InChI is InChI=1S/C15H14N4S/c1-12(13-6-3-2-4-7-13)20-15-9-8-14(17-18-15)19-11-5-10-16-19/h2-12H,1H3. The summed E-state index contributed by atoms with van der Waals surface area (Å²) >= 11 is 1.70. The van der Waals surface area contributed by atoms with Gasteiger partial charge in [0.2, 0.25) is 0 Å². The molecule has 2 heterocycles. The quantitative estimate of drug-likeness (QED) is 0.687. The zero-order chi connectivity index (χ0) is 13.8. The molecule has 5 heteroatoms. The molecule has 100 valence electrons. The van der Waals surface area contributed by atoms with Crippen molar-refractivity contribution < 1.29 is 0 Å². The van der Waals surface area contributed by atoms with E-state index in [2.05, 4.69) is 46.5 Å². The van der Waals surface area contributed by atoms with Crippen molar-refractivity contribution in [1.29, 1.82) is 0 Å². The highest BCUT2D eigenvalue weighted by atomic mass is 32.2. The van der Waals surface area contributed by atoms with E-state index in [1.165, 1.54) is 5.56 Å². The normalized spacial score (nSPS) is 12.2. The average Bonchev–Trinajstić information content (AvgIpc) is 3.03. The highest BCUT2D eigenvalue weighted by molar-refractivity contribution is 7.99. The molecule has 0 saturated heterocycles. The smallest absolute Gasteiger partial charge is 0.175 e. The lowest BCUT2D eigenvalue weighted by Gasteiger charge is -2.10. The summed E-state index contributed by atoms with van der Waals surface area (Å²) in [6.07, 6.45) is 3.57. The van der Waals surface area contributed by atoms with Gasteiger partial charge in [0.25, 0.3) is 0 Å². The van der Waals surface area contributed by atoms with Gasteiger partial charge in [-0.3, -0.25) is 0 Å². The predicted octanol–water partition coefficient (Wildman–Crippen LogP) is 3.52. The summed E-state index contributed by atoms with van der Waals surface area (Å²) in [5, 5.41) is 13.8. The largest absolute Gasteiger partial charge is 0.221 e. The molecule has 0 spiro atoms. The zero-order valence-electron chi connectivity index (χ0n) is 11.0. The lowest BCUT2D eigenvalue weighted by molar-refractivity contribution is 0.791. The number of thioether (sulfide) groups is 1. The number of nitrogens with zero attached hydrogens (tertiary/aromatic N) is 4. The fraction of sp³-hybridized carbons (Fsp3) is 0.133. The third-order valence-corrected chi connectivity index (χ3v) is 4.02. The monoisotopic (exact) mass is 282 g/mol. The van der Waals surface area contributed by atoms with Crippen LogP contribution in [0, 0.1) is 0 Å². The highest BCUT2D eigenvalue weighted by Gasteiger charge is 2.08.